The summed E-state index contributed by atoms with van der Waals surface area (Å²) < 4.78 is 38.6. The van der Waals surface area contributed by atoms with Crippen molar-refractivity contribution in [2.45, 2.75) is 163 Å². The number of fused-ring (bicyclic) bond motifs is 14. The van der Waals surface area contributed by atoms with E-state index in [2.05, 4.69) is 31.9 Å². The van der Waals surface area contributed by atoms with E-state index < -0.39 is 211 Å². The number of amidine groups is 1. The van der Waals surface area contributed by atoms with E-state index in [-0.39, 0.29) is 80.1 Å². The minimum absolute atomic E-state index is 0.0718. The van der Waals surface area contributed by atoms with Crippen LogP contribution in [0.2, 0.25) is 10.0 Å². The molecule has 0 saturated carbocycles. The summed E-state index contributed by atoms with van der Waals surface area (Å²) in [5, 5.41) is 130. The number of allylic oxidation sites excluding steroid dienone is 2. The van der Waals surface area contributed by atoms with Gasteiger partial charge in [-0.3, -0.25) is 33.8 Å². The van der Waals surface area contributed by atoms with Crippen LogP contribution in [0.3, 0.4) is 0 Å². The lowest BCUT2D eigenvalue weighted by atomic mass is 9.79. The molecule has 12 rings (SSSR count). The number of nitrogens with two attached hydrogens (primary N) is 3. The molecule has 4 aromatic rings. The van der Waals surface area contributed by atoms with Gasteiger partial charge in [-0.05, 0) is 104 Å². The Labute approximate surface area is 581 Å². The van der Waals surface area contributed by atoms with Gasteiger partial charge in [0.05, 0.1) is 59.7 Å². The molecule has 32 nitrogen and oxygen atoms in total. The Morgan fingerprint density at radius 3 is 2.01 bits per heavy atom. The predicted octanol–water partition coefficient (Wildman–Crippen LogP) is 0.235. The number of aromatic hydroxyl groups is 1. The highest BCUT2D eigenvalue weighted by Gasteiger charge is 2.51. The van der Waals surface area contributed by atoms with Crippen molar-refractivity contribution in [2.75, 3.05) is 20.3 Å². The van der Waals surface area contributed by atoms with Crippen molar-refractivity contribution in [3.63, 3.8) is 0 Å². The number of benzene rings is 4. The lowest BCUT2D eigenvalue weighted by molar-refractivity contribution is -0.333. The summed E-state index contributed by atoms with van der Waals surface area (Å²) in [6, 6.07) is 0.612. The van der Waals surface area contributed by atoms with Gasteiger partial charge >= 0.3 is 0 Å². The number of hydrogen-bond acceptors (Lipinski definition) is 26. The molecule has 0 spiro atoms. The lowest BCUT2D eigenvalue weighted by Crippen LogP contribution is -2.64. The SMILES string of the molecule is CN[C@H](CC(C)C)C(=O)N[C@H]1C(=O)N[C@@H](CC(N)=O)C(=O)N[C@H]2C(N)=N[C@H]3C(=O)N[C@H](C(=O)N[C@H](CO)C4CC(O)=CC(O)=C4c4cc3ccc4O)[C@H](O)c3ccc(c(Cl)c3)Oc3cc2cc(c3O[C@H]2OC(CO)C(O)[C@H](O)C2O[C@H]2CC(C)(N)[C@H](O)C(C)O2)Oc2ccc(cc2Cl)[C@H]1O. The molecule has 7 heterocycles. The first-order valence-electron chi connectivity index (χ1n) is 31.9. The number of nitrogens with zero attached hydrogens (tertiary/aromatic N) is 1. The zero-order valence-electron chi connectivity index (χ0n) is 54.4. The second-order valence-corrected chi connectivity index (χ2v) is 26.9. The van der Waals surface area contributed by atoms with Crippen LogP contribution >= 0.6 is 23.2 Å². The molecule has 6 amide bonds. The van der Waals surface area contributed by atoms with E-state index in [9.17, 15) is 70.2 Å². The fraction of sp³-hybridized carbons (Fsp3) is 0.470. The molecule has 0 radical (unpaired) electrons. The van der Waals surface area contributed by atoms with Crippen molar-refractivity contribution in [1.29, 1.82) is 0 Å². The average molecular weight is 1440 g/mol. The molecule has 100 heavy (non-hydrogen) atoms. The van der Waals surface area contributed by atoms with E-state index >= 15 is 9.59 Å². The van der Waals surface area contributed by atoms with Gasteiger partial charge in [-0.25, -0.2) is 0 Å². The number of phenolic OH excluding ortho intramolecular Hbond substituents is 1. The van der Waals surface area contributed by atoms with Crippen molar-refractivity contribution in [1.82, 2.24) is 31.9 Å². The molecule has 34 heteroatoms. The molecule has 2 fully saturated rings. The molecule has 7 aliphatic heterocycles. The summed E-state index contributed by atoms with van der Waals surface area (Å²) in [5.41, 5.74) is 17.0. The van der Waals surface area contributed by atoms with Gasteiger partial charge in [0.2, 0.25) is 47.5 Å². The molecule has 4 aromatic carbocycles. The molecular weight excluding hydrogens is 1360 g/mol. The molecule has 0 aromatic heterocycles. The van der Waals surface area contributed by atoms with Crippen molar-refractivity contribution in [3.8, 4) is 34.5 Å². The van der Waals surface area contributed by atoms with Crippen molar-refractivity contribution < 1.29 is 108 Å². The number of primary amides is 1. The number of hydrogen-bond donors (Lipinski definition) is 19. The summed E-state index contributed by atoms with van der Waals surface area (Å²) >= 11 is 14.2. The Morgan fingerprint density at radius 2 is 1.42 bits per heavy atom. The number of phenols is 1. The van der Waals surface area contributed by atoms with E-state index in [1.165, 1.54) is 63.4 Å². The molecule has 1 aliphatic carbocycles. The van der Waals surface area contributed by atoms with Crippen LogP contribution in [0.1, 0.15) is 105 Å². The first-order valence-corrected chi connectivity index (χ1v) is 32.7. The second kappa shape index (κ2) is 30.4. The van der Waals surface area contributed by atoms with Crippen LogP contribution in [-0.2, 0) is 43.0 Å². The van der Waals surface area contributed by atoms with Crippen molar-refractivity contribution in [2.24, 2.45) is 34.0 Å². The van der Waals surface area contributed by atoms with Crippen LogP contribution < -0.4 is 63.3 Å². The Hall–Kier alpha value is -8.45. The monoisotopic (exact) mass is 1430 g/mol. The molecule has 19 atom stereocenters. The summed E-state index contributed by atoms with van der Waals surface area (Å²) in [7, 11) is 1.50. The maximum absolute atomic E-state index is 15.4. The molecular formula is C66H80Cl2N10O22. The fourth-order valence-corrected chi connectivity index (χ4v) is 13.3. The number of carbonyl (C=O) groups excluding carboxylic acids is 6. The zero-order valence-corrected chi connectivity index (χ0v) is 56.0. The van der Waals surface area contributed by atoms with E-state index in [1.807, 2.05) is 13.8 Å². The summed E-state index contributed by atoms with van der Waals surface area (Å²) in [6.07, 6.45) is -17.3. The average Bonchev–Trinajstić information content (AvgIpc) is 0.770. The standard InChI is InChI=1S/C66H80Cl2N10O22/c1-24(2)12-35(72-5)60(90)77-50-52(85)27-7-10-40(33(67)14-27)96-42-16-29-17-43(56(42)100-65-57(55(88)54(87)44(23-80)98-65)99-46-21-66(4,71)58(89)25(3)95-46)97-41-11-8-28(15-34(41)68)53(86)51-64(94)74-37(22-79)31-18-30(81)19-39(83)47(31)32-13-26(6-9-38(32)82)49(62(92)78-51)75-59(70)48(29)76-61(91)36(20-45(69)84)73-63(50)93/h6-11,13-17,19,24-25,31,35-37,44,46,48-55,57-58,65,72,79-83,85-89H,12,18,20-23,71H2,1-5H3,(H2,69,84)(H2,70,75)(H,73,93)(H,74,94)(H,76,91)(H,77,90)(H,78,92)/t25?,31?,35-,36+,37-,44?,46+,48-,49-,50-,51+,52-,53-,54?,55+,57?,58-,65-,66?/m1/s1. The Bertz CT molecular complexity index is 3920. The second-order valence-electron chi connectivity index (χ2n) is 26.1. The zero-order chi connectivity index (χ0) is 72.7. The number of halogens is 2. The van der Waals surface area contributed by atoms with Crippen LogP contribution in [0.5, 0.6) is 34.5 Å². The normalized spacial score (nSPS) is 31.3. The van der Waals surface area contributed by atoms with Gasteiger partial charge in [0.1, 0.15) is 83.5 Å². The molecule has 540 valence electrons. The maximum atomic E-state index is 15.4. The highest BCUT2D eigenvalue weighted by molar-refractivity contribution is 6.32. The number of likely N-dealkylation sites (N-methyl/N-ethyl adjacent to an activating group) is 1. The highest BCUT2D eigenvalue weighted by atomic mass is 35.5. The van der Waals surface area contributed by atoms with Gasteiger partial charge in [-0.15, -0.1) is 0 Å². The maximum Gasteiger partial charge on any atom is 0.250 e. The van der Waals surface area contributed by atoms with E-state index in [4.69, 9.17) is 73.8 Å². The predicted molar refractivity (Wildman–Crippen MR) is 353 cm³/mol. The Balaban J connectivity index is 1.25. The molecule has 8 aliphatic rings. The van der Waals surface area contributed by atoms with Gasteiger partial charge in [0.15, 0.2) is 29.9 Å². The number of ether oxygens (including phenoxy) is 6. The third-order valence-corrected chi connectivity index (χ3v) is 18.8. The minimum Gasteiger partial charge on any atom is -0.512 e. The number of amides is 6. The molecule has 11 bridgehead atoms. The first kappa shape index (κ1) is 74.2. The smallest absolute Gasteiger partial charge is 0.250 e. The van der Waals surface area contributed by atoms with Gasteiger partial charge in [-0.2, -0.15) is 0 Å². The number of rotatable bonds is 13. The molecule has 6 unspecified atom stereocenters. The number of aliphatic imine (C=N–C) groups is 1. The van der Waals surface area contributed by atoms with Gasteiger partial charge < -0.3 is 129 Å². The van der Waals surface area contributed by atoms with Crippen LogP contribution in [0.15, 0.2) is 89.3 Å². The Morgan fingerprint density at radius 1 is 0.780 bits per heavy atom. The molecule has 2 saturated heterocycles. The number of carbonyl (C=O) groups is 6. The number of aliphatic hydroxyl groups excluding tert-OH is 9. The highest BCUT2D eigenvalue weighted by Crippen LogP contribution is 2.49. The van der Waals surface area contributed by atoms with Gasteiger partial charge in [0, 0.05) is 41.5 Å². The van der Waals surface area contributed by atoms with E-state index in [0.717, 1.165) is 30.3 Å². The van der Waals surface area contributed by atoms with Crippen LogP contribution in [0.4, 0.5) is 0 Å². The lowest BCUT2D eigenvalue weighted by Gasteiger charge is -2.47. The van der Waals surface area contributed by atoms with Crippen LogP contribution in [0.25, 0.3) is 5.57 Å². The van der Waals surface area contributed by atoms with E-state index in [0.29, 0.717) is 0 Å². The Kier molecular flexibility index (Phi) is 22.6. The number of nitrogens with one attached hydrogen (secondary N) is 6. The minimum atomic E-state index is -2.07. The quantitative estimate of drug-likeness (QED) is 0.0852. The van der Waals surface area contributed by atoms with Crippen molar-refractivity contribution >= 4 is 70.1 Å². The summed E-state index contributed by atoms with van der Waals surface area (Å²) in [6.45, 7) is 4.91. The van der Waals surface area contributed by atoms with Gasteiger partial charge in [0.25, 0.3) is 0 Å². The largest absolute Gasteiger partial charge is 0.512 e. The third kappa shape index (κ3) is 15.7. The summed E-state index contributed by atoms with van der Waals surface area (Å²) in [5.74, 6) is -12.7. The van der Waals surface area contributed by atoms with E-state index in [1.54, 1.807) is 0 Å². The van der Waals surface area contributed by atoms with Gasteiger partial charge in [-0.1, -0.05) is 55.2 Å². The van der Waals surface area contributed by atoms with Crippen LogP contribution in [0, 0.1) is 11.8 Å². The fourth-order valence-electron chi connectivity index (χ4n) is 12.9. The first-order chi connectivity index (χ1) is 47.3. The molecule has 22 N–H and O–H groups in total. The topological polar surface area (TPSA) is 523 Å². The van der Waals surface area contributed by atoms with Crippen LogP contribution in [-0.4, -0.2) is 198 Å². The third-order valence-electron chi connectivity index (χ3n) is 18.2. The van der Waals surface area contributed by atoms with Crippen molar-refractivity contribution in [3.05, 3.63) is 122 Å². The summed E-state index contributed by atoms with van der Waals surface area (Å²) in [4.78, 5) is 92.5. The number of aliphatic hydroxyl groups is 9.